The summed E-state index contributed by atoms with van der Waals surface area (Å²) in [5.74, 6) is 1.75. The Bertz CT molecular complexity index is 1100. The smallest absolute Gasteiger partial charge is 0.306 e. The number of carbonyl (C=O) groups is 3. The summed E-state index contributed by atoms with van der Waals surface area (Å²) in [6, 6.07) is 0. The lowest BCUT2D eigenvalue weighted by molar-refractivity contribution is -0.167. The van der Waals surface area contributed by atoms with E-state index in [1.165, 1.54) is 244 Å². The molecule has 0 aliphatic heterocycles. The Morgan fingerprint density at radius 3 is 0.732 bits per heavy atom. The number of hydrogen-bond acceptors (Lipinski definition) is 6. The van der Waals surface area contributed by atoms with Gasteiger partial charge in [0, 0.05) is 19.3 Å². The number of unbranched alkanes of at least 4 members (excludes halogenated alkanes) is 40. The van der Waals surface area contributed by atoms with Crippen molar-refractivity contribution in [3.63, 3.8) is 0 Å². The van der Waals surface area contributed by atoms with Crippen LogP contribution in [0.3, 0.4) is 0 Å². The van der Waals surface area contributed by atoms with Crippen molar-refractivity contribution in [3.05, 3.63) is 0 Å². The Morgan fingerprint density at radius 2 is 0.493 bits per heavy atom. The van der Waals surface area contributed by atoms with Gasteiger partial charge in [0.1, 0.15) is 13.2 Å². The van der Waals surface area contributed by atoms with Gasteiger partial charge in [-0.1, -0.05) is 324 Å². The van der Waals surface area contributed by atoms with E-state index in [1.807, 2.05) is 0 Å². The minimum atomic E-state index is -0.764. The lowest BCUT2D eigenvalue weighted by Crippen LogP contribution is -2.30. The number of rotatable bonds is 58. The van der Waals surface area contributed by atoms with E-state index in [4.69, 9.17) is 14.2 Å². The molecule has 0 saturated carbocycles. The van der Waals surface area contributed by atoms with E-state index in [9.17, 15) is 14.4 Å². The SMILES string of the molecule is CCC(C)CCCCCCCCCCCCCCCCCCCCC(=O)OC[C@@H](COC(=O)CCCCCCCCCCCCCCCC(C)C)OC(=O)CCCCCCCCCCCCCCC(C)C. The standard InChI is InChI=1S/C65H126O6/c1-7-61(6)53-47-41-35-29-23-16-12-10-8-9-11-13-17-24-30-36-42-48-54-63(66)69-57-62(71-65(68)56-50-44-38-32-26-20-19-22-28-34-40-46-52-60(4)5)58-70-64(67)55-49-43-37-31-25-18-14-15-21-27-33-39-45-51-59(2)3/h59-62H,7-58H2,1-6H3/t61?,62-/m0/s1. The first-order valence-corrected chi connectivity index (χ1v) is 32.1. The third-order valence-corrected chi connectivity index (χ3v) is 15.3. The molecule has 0 aliphatic rings. The monoisotopic (exact) mass is 1000 g/mol. The molecule has 0 bridgehead atoms. The Balaban J connectivity index is 4.26. The maximum Gasteiger partial charge on any atom is 0.306 e. The average molecular weight is 1000 g/mol. The fourth-order valence-electron chi connectivity index (χ4n) is 10.0. The van der Waals surface area contributed by atoms with Gasteiger partial charge in [-0.05, 0) is 37.0 Å². The molecule has 0 fully saturated rings. The van der Waals surface area contributed by atoms with E-state index < -0.39 is 6.10 Å². The van der Waals surface area contributed by atoms with Crippen molar-refractivity contribution in [3.8, 4) is 0 Å². The number of esters is 3. The number of ether oxygens (including phenoxy) is 3. The molecule has 0 amide bonds. The third-order valence-electron chi connectivity index (χ3n) is 15.3. The van der Waals surface area contributed by atoms with Crippen LogP contribution < -0.4 is 0 Å². The number of carbonyl (C=O) groups excluding carboxylic acids is 3. The molecule has 422 valence electrons. The van der Waals surface area contributed by atoms with Crippen LogP contribution in [0.5, 0.6) is 0 Å². The van der Waals surface area contributed by atoms with Crippen LogP contribution in [0.4, 0.5) is 0 Å². The second kappa shape index (κ2) is 56.1. The second-order valence-corrected chi connectivity index (χ2v) is 23.6. The largest absolute Gasteiger partial charge is 0.462 e. The second-order valence-electron chi connectivity index (χ2n) is 23.6. The topological polar surface area (TPSA) is 78.9 Å². The molecule has 71 heavy (non-hydrogen) atoms. The van der Waals surface area contributed by atoms with Gasteiger partial charge < -0.3 is 14.2 Å². The van der Waals surface area contributed by atoms with E-state index in [-0.39, 0.29) is 31.1 Å². The molecule has 1 unspecified atom stereocenters. The summed E-state index contributed by atoms with van der Waals surface area (Å²) in [4.78, 5) is 38.3. The Hall–Kier alpha value is -1.59. The van der Waals surface area contributed by atoms with E-state index >= 15 is 0 Å². The lowest BCUT2D eigenvalue weighted by atomic mass is 9.99. The van der Waals surface area contributed by atoms with Gasteiger partial charge in [0.15, 0.2) is 6.10 Å². The van der Waals surface area contributed by atoms with Crippen molar-refractivity contribution in [2.75, 3.05) is 13.2 Å². The van der Waals surface area contributed by atoms with E-state index in [0.717, 1.165) is 75.5 Å². The highest BCUT2D eigenvalue weighted by atomic mass is 16.6. The van der Waals surface area contributed by atoms with Crippen molar-refractivity contribution in [1.29, 1.82) is 0 Å². The molecular formula is C65H126O6. The third kappa shape index (κ3) is 57.5. The van der Waals surface area contributed by atoms with Crippen LogP contribution in [0, 0.1) is 17.8 Å². The van der Waals surface area contributed by atoms with Gasteiger partial charge in [-0.3, -0.25) is 14.4 Å². The van der Waals surface area contributed by atoms with Gasteiger partial charge in [0.05, 0.1) is 0 Å². The fourth-order valence-corrected chi connectivity index (χ4v) is 10.0. The zero-order chi connectivity index (χ0) is 51.9. The van der Waals surface area contributed by atoms with Gasteiger partial charge in [0.25, 0.3) is 0 Å². The summed E-state index contributed by atoms with van der Waals surface area (Å²) in [5.41, 5.74) is 0. The quantitative estimate of drug-likeness (QED) is 0.0343. The molecular weight excluding hydrogens is 877 g/mol. The molecule has 6 nitrogen and oxygen atoms in total. The minimum absolute atomic E-state index is 0.0627. The summed E-state index contributed by atoms with van der Waals surface area (Å²) >= 11 is 0. The molecule has 0 radical (unpaired) electrons. The molecule has 2 atom stereocenters. The predicted octanol–water partition coefficient (Wildman–Crippen LogP) is 21.5. The first kappa shape index (κ1) is 69.4. The molecule has 0 aromatic rings. The Labute approximate surface area is 444 Å². The average Bonchev–Trinajstić information content (AvgIpc) is 3.35. The predicted molar refractivity (Wildman–Crippen MR) is 307 cm³/mol. The normalized spacial score (nSPS) is 12.5. The van der Waals surface area contributed by atoms with Crippen LogP contribution in [0.25, 0.3) is 0 Å². The summed E-state index contributed by atoms with van der Waals surface area (Å²) in [6.45, 7) is 13.8. The summed E-state index contributed by atoms with van der Waals surface area (Å²) < 4.78 is 17.0. The van der Waals surface area contributed by atoms with Crippen LogP contribution in [0.2, 0.25) is 0 Å². The summed E-state index contributed by atoms with van der Waals surface area (Å²) in [7, 11) is 0. The van der Waals surface area contributed by atoms with Gasteiger partial charge in [0.2, 0.25) is 0 Å². The Kier molecular flexibility index (Phi) is 54.9. The molecule has 0 aromatic heterocycles. The molecule has 0 spiro atoms. The molecule has 0 N–H and O–H groups in total. The molecule has 0 saturated heterocycles. The lowest BCUT2D eigenvalue weighted by Gasteiger charge is -2.18. The number of hydrogen-bond donors (Lipinski definition) is 0. The van der Waals surface area contributed by atoms with Gasteiger partial charge >= 0.3 is 17.9 Å². The maximum absolute atomic E-state index is 12.9. The van der Waals surface area contributed by atoms with Gasteiger partial charge in [-0.15, -0.1) is 0 Å². The van der Waals surface area contributed by atoms with E-state index in [0.29, 0.717) is 19.3 Å². The minimum Gasteiger partial charge on any atom is -0.462 e. The van der Waals surface area contributed by atoms with Crippen LogP contribution in [0.15, 0.2) is 0 Å². The van der Waals surface area contributed by atoms with Crippen molar-refractivity contribution < 1.29 is 28.6 Å². The van der Waals surface area contributed by atoms with Crippen LogP contribution in [-0.2, 0) is 28.6 Å². The van der Waals surface area contributed by atoms with Crippen LogP contribution in [0.1, 0.15) is 363 Å². The highest BCUT2D eigenvalue weighted by molar-refractivity contribution is 5.71. The zero-order valence-electron chi connectivity index (χ0n) is 49.0. The van der Waals surface area contributed by atoms with Gasteiger partial charge in [-0.25, -0.2) is 0 Å². The van der Waals surface area contributed by atoms with Crippen LogP contribution >= 0.6 is 0 Å². The molecule has 6 heteroatoms. The van der Waals surface area contributed by atoms with Crippen LogP contribution in [-0.4, -0.2) is 37.2 Å². The van der Waals surface area contributed by atoms with E-state index in [1.54, 1.807) is 0 Å². The van der Waals surface area contributed by atoms with Crippen molar-refractivity contribution in [1.82, 2.24) is 0 Å². The molecule has 0 rings (SSSR count). The fraction of sp³-hybridized carbons (Fsp3) is 0.954. The first-order valence-electron chi connectivity index (χ1n) is 32.1. The molecule has 0 aromatic carbocycles. The highest BCUT2D eigenvalue weighted by Gasteiger charge is 2.19. The molecule has 0 heterocycles. The zero-order valence-corrected chi connectivity index (χ0v) is 49.0. The molecule has 0 aliphatic carbocycles. The highest BCUT2D eigenvalue weighted by Crippen LogP contribution is 2.19. The van der Waals surface area contributed by atoms with Crippen molar-refractivity contribution in [2.45, 2.75) is 369 Å². The summed E-state index contributed by atoms with van der Waals surface area (Å²) in [5, 5.41) is 0. The first-order chi connectivity index (χ1) is 34.6. The van der Waals surface area contributed by atoms with Crippen molar-refractivity contribution >= 4 is 17.9 Å². The van der Waals surface area contributed by atoms with Gasteiger partial charge in [-0.2, -0.15) is 0 Å². The summed E-state index contributed by atoms with van der Waals surface area (Å²) in [6.07, 6.45) is 61.0. The maximum atomic E-state index is 12.9. The van der Waals surface area contributed by atoms with E-state index in [2.05, 4.69) is 41.5 Å². The van der Waals surface area contributed by atoms with Crippen molar-refractivity contribution in [2.24, 2.45) is 17.8 Å². The Morgan fingerprint density at radius 1 is 0.282 bits per heavy atom.